The van der Waals surface area contributed by atoms with Gasteiger partial charge in [0.2, 0.25) is 0 Å². The highest BCUT2D eigenvalue weighted by Crippen LogP contribution is 2.34. The van der Waals surface area contributed by atoms with Crippen molar-refractivity contribution in [3.05, 3.63) is 0 Å². The highest BCUT2D eigenvalue weighted by Gasteiger charge is 2.18. The molecule has 0 spiro atoms. The second-order valence-electron chi connectivity index (χ2n) is 4.86. The second-order valence-corrected chi connectivity index (χ2v) is 7.39. The van der Waals surface area contributed by atoms with Crippen molar-refractivity contribution in [3.8, 4) is 0 Å². The molecule has 0 heterocycles. The first-order chi connectivity index (χ1) is 5.99. The molecule has 0 fully saturated rings. The molecule has 0 rings (SSSR count). The number of hydrogen-bond acceptors (Lipinski definition) is 0. The average molecular weight is 202 g/mol. The van der Waals surface area contributed by atoms with Crippen molar-refractivity contribution in [2.75, 3.05) is 19.5 Å². The van der Waals surface area contributed by atoms with E-state index < -0.39 is 0 Å². The lowest BCUT2D eigenvalue weighted by atomic mass is 9.84. The normalized spacial score (nSPS) is 18.7. The monoisotopic (exact) mass is 202 g/mol. The zero-order chi connectivity index (χ0) is 10.4. The first kappa shape index (κ1) is 13.4. The van der Waals surface area contributed by atoms with Crippen molar-refractivity contribution < 1.29 is 0 Å². The maximum absolute atomic E-state index is 2.43. The average Bonchev–Trinajstić information content (AvgIpc) is 2.02. The molecule has 0 saturated carbocycles. The van der Waals surface area contributed by atoms with Crippen LogP contribution in [0.1, 0.15) is 40.5 Å². The summed E-state index contributed by atoms with van der Waals surface area (Å²) in [5.41, 5.74) is 0. The van der Waals surface area contributed by atoms with Gasteiger partial charge in [0.1, 0.15) is 0 Å². The van der Waals surface area contributed by atoms with Crippen LogP contribution in [0, 0.1) is 17.8 Å². The van der Waals surface area contributed by atoms with Crippen LogP contribution in [-0.4, -0.2) is 19.5 Å². The van der Waals surface area contributed by atoms with Gasteiger partial charge in [-0.1, -0.05) is 40.5 Å². The van der Waals surface area contributed by atoms with E-state index in [0.717, 1.165) is 17.8 Å². The molecule has 13 heavy (non-hydrogen) atoms. The van der Waals surface area contributed by atoms with E-state index in [1.165, 1.54) is 19.0 Å². The summed E-state index contributed by atoms with van der Waals surface area (Å²) in [4.78, 5) is 0. The third-order valence-electron chi connectivity index (χ3n) is 3.19. The van der Waals surface area contributed by atoms with E-state index in [2.05, 4.69) is 41.0 Å². The van der Waals surface area contributed by atoms with Gasteiger partial charge in [0, 0.05) is 0 Å². The third kappa shape index (κ3) is 5.68. The van der Waals surface area contributed by atoms with Crippen LogP contribution in [0.4, 0.5) is 0 Å². The van der Waals surface area contributed by atoms with Crippen LogP contribution in [0.3, 0.4) is 0 Å². The molecule has 0 bridgehead atoms. The van der Waals surface area contributed by atoms with E-state index in [1.54, 1.807) is 0 Å². The molecule has 1 heteroatoms. The molecule has 0 N–H and O–H groups in total. The van der Waals surface area contributed by atoms with Gasteiger partial charge in [-0.2, -0.15) is 0 Å². The van der Waals surface area contributed by atoms with Gasteiger partial charge in [0.05, 0.1) is 0 Å². The zero-order valence-electron chi connectivity index (χ0n) is 10.3. The van der Waals surface area contributed by atoms with Crippen molar-refractivity contribution in [3.63, 3.8) is 0 Å². The molecule has 3 unspecified atom stereocenters. The Bertz CT molecular complexity index is 120. The van der Waals surface area contributed by atoms with Crippen LogP contribution >= 0.6 is 7.92 Å². The Kier molecular flexibility index (Phi) is 7.05. The molecule has 3 atom stereocenters. The van der Waals surface area contributed by atoms with Gasteiger partial charge < -0.3 is 0 Å². The summed E-state index contributed by atoms with van der Waals surface area (Å²) < 4.78 is 0. The molecule has 0 saturated heterocycles. The standard InChI is InChI=1S/C12H27P/c1-7-8-10(2)12(4)11(3)9-13(5)6/h10-12H,7-9H2,1-6H3. The second kappa shape index (κ2) is 6.82. The summed E-state index contributed by atoms with van der Waals surface area (Å²) in [6, 6.07) is 0. The summed E-state index contributed by atoms with van der Waals surface area (Å²) >= 11 is 0. The first-order valence-electron chi connectivity index (χ1n) is 5.63. The molecule has 80 valence electrons. The Morgan fingerprint density at radius 3 is 1.92 bits per heavy atom. The lowest BCUT2D eigenvalue weighted by Gasteiger charge is -2.27. The van der Waals surface area contributed by atoms with Crippen LogP contribution in [0.5, 0.6) is 0 Å². The van der Waals surface area contributed by atoms with E-state index in [0.29, 0.717) is 7.92 Å². The Morgan fingerprint density at radius 1 is 1.00 bits per heavy atom. The van der Waals surface area contributed by atoms with Crippen molar-refractivity contribution in [1.82, 2.24) is 0 Å². The molecular formula is C12H27P. The third-order valence-corrected chi connectivity index (χ3v) is 4.50. The van der Waals surface area contributed by atoms with E-state index in [9.17, 15) is 0 Å². The topological polar surface area (TPSA) is 0 Å². The smallest absolute Gasteiger partial charge is 0.0302 e. The molecule has 0 nitrogen and oxygen atoms in total. The van der Waals surface area contributed by atoms with Crippen LogP contribution in [-0.2, 0) is 0 Å². The van der Waals surface area contributed by atoms with Crippen molar-refractivity contribution >= 4 is 7.92 Å². The van der Waals surface area contributed by atoms with Gasteiger partial charge >= 0.3 is 0 Å². The molecule has 0 aliphatic rings. The lowest BCUT2D eigenvalue weighted by Crippen LogP contribution is -2.18. The quantitative estimate of drug-likeness (QED) is 0.559. The van der Waals surface area contributed by atoms with E-state index in [4.69, 9.17) is 0 Å². The van der Waals surface area contributed by atoms with Crippen LogP contribution in [0.25, 0.3) is 0 Å². The molecule has 0 aliphatic carbocycles. The Balaban J connectivity index is 3.85. The predicted molar refractivity (Wildman–Crippen MR) is 66.0 cm³/mol. The maximum atomic E-state index is 2.43. The van der Waals surface area contributed by atoms with Gasteiger partial charge in [-0.05, 0) is 37.2 Å². The highest BCUT2D eigenvalue weighted by atomic mass is 31.1. The largest absolute Gasteiger partial charge is 0.113 e. The summed E-state index contributed by atoms with van der Waals surface area (Å²) in [6.07, 6.45) is 4.19. The number of rotatable bonds is 6. The van der Waals surface area contributed by atoms with Crippen LogP contribution < -0.4 is 0 Å². The van der Waals surface area contributed by atoms with Gasteiger partial charge in [-0.3, -0.25) is 0 Å². The van der Waals surface area contributed by atoms with Crippen molar-refractivity contribution in [1.29, 1.82) is 0 Å². The van der Waals surface area contributed by atoms with Crippen LogP contribution in [0.2, 0.25) is 0 Å². The molecule has 0 aromatic heterocycles. The van der Waals surface area contributed by atoms with E-state index in [1.807, 2.05) is 0 Å². The van der Waals surface area contributed by atoms with E-state index in [-0.39, 0.29) is 0 Å². The Labute approximate surface area is 86.3 Å². The summed E-state index contributed by atoms with van der Waals surface area (Å²) in [5, 5.41) is 0. The predicted octanol–water partition coefficient (Wildman–Crippen LogP) is 4.44. The SMILES string of the molecule is CCCC(C)C(C)C(C)CP(C)C. The first-order valence-corrected chi connectivity index (χ1v) is 8.05. The fraction of sp³-hybridized carbons (Fsp3) is 1.00. The molecule has 0 aromatic rings. The van der Waals surface area contributed by atoms with Gasteiger partial charge in [-0.25, -0.2) is 0 Å². The van der Waals surface area contributed by atoms with Crippen molar-refractivity contribution in [2.45, 2.75) is 40.5 Å². The summed E-state index contributed by atoms with van der Waals surface area (Å²) in [6.45, 7) is 14.4. The molecule has 0 radical (unpaired) electrons. The molecule has 0 aliphatic heterocycles. The summed E-state index contributed by atoms with van der Waals surface area (Å²) in [7, 11) is 0.294. The maximum Gasteiger partial charge on any atom is -0.0302 e. The minimum Gasteiger partial charge on any atom is -0.113 e. The Hall–Kier alpha value is 0.430. The molecular weight excluding hydrogens is 175 g/mol. The van der Waals surface area contributed by atoms with Crippen molar-refractivity contribution in [2.24, 2.45) is 17.8 Å². The van der Waals surface area contributed by atoms with E-state index >= 15 is 0 Å². The van der Waals surface area contributed by atoms with Gasteiger partial charge in [0.25, 0.3) is 0 Å². The van der Waals surface area contributed by atoms with Gasteiger partial charge in [0.15, 0.2) is 0 Å². The number of hydrogen-bond donors (Lipinski definition) is 0. The fourth-order valence-corrected chi connectivity index (χ4v) is 3.51. The summed E-state index contributed by atoms with van der Waals surface area (Å²) in [5.74, 6) is 2.74. The van der Waals surface area contributed by atoms with Gasteiger partial charge in [-0.15, -0.1) is 7.92 Å². The fourth-order valence-electron chi connectivity index (χ4n) is 2.02. The lowest BCUT2D eigenvalue weighted by molar-refractivity contribution is 0.283. The molecule has 0 amide bonds. The van der Waals surface area contributed by atoms with Crippen LogP contribution in [0.15, 0.2) is 0 Å². The highest BCUT2D eigenvalue weighted by molar-refractivity contribution is 7.55. The zero-order valence-corrected chi connectivity index (χ0v) is 11.2. The minimum atomic E-state index is 0.294. The minimum absolute atomic E-state index is 0.294. The Morgan fingerprint density at radius 2 is 1.54 bits per heavy atom. The molecule has 0 aromatic carbocycles.